The smallest absolute Gasteiger partial charge is 0.237 e. The third-order valence-corrected chi connectivity index (χ3v) is 1.38. The molecule has 0 aromatic carbocycles. The summed E-state index contributed by atoms with van der Waals surface area (Å²) in [5.74, 6) is 0.335. The quantitative estimate of drug-likeness (QED) is 0.321. The van der Waals surface area contributed by atoms with Crippen molar-refractivity contribution in [2.45, 2.75) is 12.8 Å². The molecule has 1 rings (SSSR count). The largest absolute Gasteiger partial charge is 0.368 e. The van der Waals surface area contributed by atoms with Crippen molar-refractivity contribution >= 4 is 5.91 Å². The topological polar surface area (TPSA) is 50.4 Å². The van der Waals surface area contributed by atoms with Crippen molar-refractivity contribution in [2.24, 2.45) is 5.92 Å². The Balaban J connectivity index is 1.95. The highest BCUT2D eigenvalue weighted by atomic mass is 16.5. The van der Waals surface area contributed by atoms with Crippen LogP contribution in [-0.4, -0.2) is 19.7 Å². The van der Waals surface area contributed by atoms with Crippen molar-refractivity contribution in [3.05, 3.63) is 0 Å². The van der Waals surface area contributed by atoms with Gasteiger partial charge >= 0.3 is 0 Å². The standard InChI is InChI=1S/C6H12N2O2/c1-10-4-7-8-6(9)5-2-3-5/h5,7H,2-4H2,1H3,(H,8,9). The molecule has 0 aliphatic heterocycles. The third-order valence-electron chi connectivity index (χ3n) is 1.38. The highest BCUT2D eigenvalue weighted by Gasteiger charge is 2.29. The van der Waals surface area contributed by atoms with E-state index in [0.29, 0.717) is 6.73 Å². The van der Waals surface area contributed by atoms with Gasteiger partial charge in [-0.3, -0.25) is 10.2 Å². The molecular formula is C6H12N2O2. The van der Waals surface area contributed by atoms with Crippen molar-refractivity contribution < 1.29 is 9.53 Å². The molecule has 4 heteroatoms. The SMILES string of the molecule is COCNNC(=O)C1CC1. The normalized spacial score (nSPS) is 16.9. The number of hydrazine groups is 1. The molecule has 0 radical (unpaired) electrons. The number of ether oxygens (including phenoxy) is 1. The number of amides is 1. The van der Waals surface area contributed by atoms with Crippen LogP contribution in [0.25, 0.3) is 0 Å². The lowest BCUT2D eigenvalue weighted by molar-refractivity contribution is -0.123. The Morgan fingerprint density at radius 1 is 1.70 bits per heavy atom. The van der Waals surface area contributed by atoms with Crippen LogP contribution in [-0.2, 0) is 9.53 Å². The van der Waals surface area contributed by atoms with E-state index >= 15 is 0 Å². The first kappa shape index (κ1) is 7.50. The van der Waals surface area contributed by atoms with E-state index in [1.807, 2.05) is 0 Å². The summed E-state index contributed by atoms with van der Waals surface area (Å²) in [5.41, 5.74) is 5.17. The molecule has 0 aromatic heterocycles. The summed E-state index contributed by atoms with van der Waals surface area (Å²) in [6.45, 7) is 0.360. The lowest BCUT2D eigenvalue weighted by Crippen LogP contribution is -2.39. The molecule has 58 valence electrons. The van der Waals surface area contributed by atoms with Gasteiger partial charge in [0.05, 0.1) is 0 Å². The van der Waals surface area contributed by atoms with Gasteiger partial charge in [0.2, 0.25) is 5.91 Å². The molecule has 4 nitrogen and oxygen atoms in total. The molecule has 0 unspecified atom stereocenters. The number of methoxy groups -OCH3 is 1. The van der Waals surface area contributed by atoms with Crippen LogP contribution in [0.2, 0.25) is 0 Å². The molecule has 0 heterocycles. The molecule has 0 spiro atoms. The lowest BCUT2D eigenvalue weighted by atomic mass is 10.4. The van der Waals surface area contributed by atoms with Crippen LogP contribution in [0.4, 0.5) is 0 Å². The van der Waals surface area contributed by atoms with Crippen molar-refractivity contribution in [2.75, 3.05) is 13.8 Å². The van der Waals surface area contributed by atoms with Crippen LogP contribution in [0.1, 0.15) is 12.8 Å². The molecule has 0 aromatic rings. The fourth-order valence-electron chi connectivity index (χ4n) is 0.643. The van der Waals surface area contributed by atoms with Crippen molar-refractivity contribution in [1.29, 1.82) is 0 Å². The molecule has 0 atom stereocenters. The van der Waals surface area contributed by atoms with E-state index in [1.165, 1.54) is 0 Å². The minimum Gasteiger partial charge on any atom is -0.368 e. The highest BCUT2D eigenvalue weighted by Crippen LogP contribution is 2.28. The van der Waals surface area contributed by atoms with Gasteiger partial charge in [-0.1, -0.05) is 0 Å². The van der Waals surface area contributed by atoms with Gasteiger partial charge in [-0.05, 0) is 12.8 Å². The van der Waals surface area contributed by atoms with E-state index < -0.39 is 0 Å². The van der Waals surface area contributed by atoms with E-state index in [1.54, 1.807) is 7.11 Å². The summed E-state index contributed by atoms with van der Waals surface area (Å²) in [7, 11) is 1.57. The molecule has 1 saturated carbocycles. The summed E-state index contributed by atoms with van der Waals surface area (Å²) in [4.78, 5) is 10.9. The van der Waals surface area contributed by atoms with Crippen LogP contribution in [0.3, 0.4) is 0 Å². The zero-order valence-corrected chi connectivity index (χ0v) is 6.02. The molecule has 0 saturated heterocycles. The van der Waals surface area contributed by atoms with Crippen LogP contribution < -0.4 is 10.9 Å². The number of hydrogen-bond donors (Lipinski definition) is 2. The summed E-state index contributed by atoms with van der Waals surface area (Å²) in [6.07, 6.45) is 2.06. The number of carbonyl (C=O) groups excluding carboxylic acids is 1. The fraction of sp³-hybridized carbons (Fsp3) is 0.833. The van der Waals surface area contributed by atoms with Crippen LogP contribution in [0, 0.1) is 5.92 Å². The minimum atomic E-state index is 0.0806. The van der Waals surface area contributed by atoms with Crippen molar-refractivity contribution in [3.8, 4) is 0 Å². The summed E-state index contributed by atoms with van der Waals surface area (Å²) in [6, 6.07) is 0. The van der Waals surface area contributed by atoms with Crippen molar-refractivity contribution in [3.63, 3.8) is 0 Å². The Morgan fingerprint density at radius 3 is 2.90 bits per heavy atom. The first-order chi connectivity index (χ1) is 4.84. The zero-order chi connectivity index (χ0) is 7.40. The molecule has 1 fully saturated rings. The predicted molar refractivity (Wildman–Crippen MR) is 35.9 cm³/mol. The second-order valence-corrected chi connectivity index (χ2v) is 2.37. The van der Waals surface area contributed by atoms with Crippen LogP contribution in [0.15, 0.2) is 0 Å². The Kier molecular flexibility index (Phi) is 2.65. The van der Waals surface area contributed by atoms with Gasteiger partial charge in [0.15, 0.2) is 0 Å². The predicted octanol–water partition coefficient (Wildman–Crippen LogP) is -0.379. The van der Waals surface area contributed by atoms with Crippen LogP contribution >= 0.6 is 0 Å². The monoisotopic (exact) mass is 144 g/mol. The van der Waals surface area contributed by atoms with Gasteiger partial charge in [-0.25, -0.2) is 5.43 Å². The molecular weight excluding hydrogens is 132 g/mol. The van der Waals surface area contributed by atoms with E-state index in [0.717, 1.165) is 12.8 Å². The van der Waals surface area contributed by atoms with Gasteiger partial charge < -0.3 is 4.74 Å². The number of hydrogen-bond acceptors (Lipinski definition) is 3. The van der Waals surface area contributed by atoms with E-state index in [4.69, 9.17) is 0 Å². The number of carbonyl (C=O) groups is 1. The number of nitrogens with one attached hydrogen (secondary N) is 2. The second kappa shape index (κ2) is 3.53. The molecule has 1 aliphatic rings. The maximum absolute atomic E-state index is 10.9. The molecule has 1 amide bonds. The van der Waals surface area contributed by atoms with Crippen molar-refractivity contribution in [1.82, 2.24) is 10.9 Å². The highest BCUT2D eigenvalue weighted by molar-refractivity contribution is 5.80. The van der Waals surface area contributed by atoms with E-state index in [-0.39, 0.29) is 11.8 Å². The maximum atomic E-state index is 10.9. The first-order valence-corrected chi connectivity index (χ1v) is 3.36. The molecule has 2 N–H and O–H groups in total. The number of rotatable bonds is 4. The summed E-state index contributed by atoms with van der Waals surface area (Å²) in [5, 5.41) is 0. The van der Waals surface area contributed by atoms with Gasteiger partial charge in [-0.15, -0.1) is 0 Å². The van der Waals surface area contributed by atoms with Gasteiger partial charge in [0, 0.05) is 13.0 Å². The second-order valence-electron chi connectivity index (χ2n) is 2.37. The Bertz CT molecular complexity index is 123. The molecule has 0 bridgehead atoms. The average molecular weight is 144 g/mol. The summed E-state index contributed by atoms with van der Waals surface area (Å²) >= 11 is 0. The zero-order valence-electron chi connectivity index (χ0n) is 6.02. The fourth-order valence-corrected chi connectivity index (χ4v) is 0.643. The Morgan fingerprint density at radius 2 is 2.40 bits per heavy atom. The first-order valence-electron chi connectivity index (χ1n) is 3.36. The summed E-state index contributed by atoms with van der Waals surface area (Å²) < 4.78 is 4.67. The Labute approximate surface area is 59.9 Å². The maximum Gasteiger partial charge on any atom is 0.237 e. The average Bonchev–Trinajstić information content (AvgIpc) is 2.69. The van der Waals surface area contributed by atoms with E-state index in [2.05, 4.69) is 15.6 Å². The van der Waals surface area contributed by atoms with Gasteiger partial charge in [0.25, 0.3) is 0 Å². The van der Waals surface area contributed by atoms with Gasteiger partial charge in [0.1, 0.15) is 6.73 Å². The van der Waals surface area contributed by atoms with Gasteiger partial charge in [-0.2, -0.15) is 0 Å². The molecule has 1 aliphatic carbocycles. The van der Waals surface area contributed by atoms with E-state index in [9.17, 15) is 4.79 Å². The Hall–Kier alpha value is -0.610. The lowest BCUT2D eigenvalue weighted by Gasteiger charge is -2.03. The minimum absolute atomic E-state index is 0.0806. The third kappa shape index (κ3) is 2.33. The molecule has 10 heavy (non-hydrogen) atoms. The van der Waals surface area contributed by atoms with Crippen LogP contribution in [0.5, 0.6) is 0 Å².